The molecule has 2 atom stereocenters. The van der Waals surface area contributed by atoms with Crippen molar-refractivity contribution in [2.24, 2.45) is 10.2 Å². The van der Waals surface area contributed by atoms with Crippen LogP contribution in [0.2, 0.25) is 0 Å². The van der Waals surface area contributed by atoms with Crippen LogP contribution in [0, 0.1) is 10.1 Å². The lowest BCUT2D eigenvalue weighted by molar-refractivity contribution is -0.384. The Morgan fingerprint density at radius 3 is 2.41 bits per heavy atom. The number of azo groups is 1. The van der Waals surface area contributed by atoms with Crippen LogP contribution in [0.4, 0.5) is 11.4 Å². The molecule has 0 aliphatic rings. The van der Waals surface area contributed by atoms with Gasteiger partial charge >= 0.3 is 5.97 Å². The molecule has 154 valence electrons. The van der Waals surface area contributed by atoms with Crippen molar-refractivity contribution in [1.29, 1.82) is 0 Å². The molecule has 0 unspecified atom stereocenters. The second kappa shape index (κ2) is 10.8. The highest BCUT2D eigenvalue weighted by molar-refractivity contribution is 7.68. The first-order chi connectivity index (χ1) is 13.9. The van der Waals surface area contributed by atoms with E-state index in [2.05, 4.69) is 10.2 Å². The van der Waals surface area contributed by atoms with Gasteiger partial charge in [-0.3, -0.25) is 14.7 Å². The van der Waals surface area contributed by atoms with Gasteiger partial charge in [0.15, 0.2) is 0 Å². The first-order valence-electron chi connectivity index (χ1n) is 8.60. The average molecular weight is 440 g/mol. The zero-order valence-corrected chi connectivity index (χ0v) is 17.2. The van der Waals surface area contributed by atoms with E-state index in [1.54, 1.807) is 37.3 Å². The standard InChI is InChI=1S/C18H19ClN3O6P/c1-2-27-18(23)17(21-20-14-8-10-15(11-9-14)22(24)25)29(26,28-13-12-19)16-6-4-3-5-7-16/h3-11,17H,2,12-13H2,1H3/t17-,29+/m0/s1. The van der Waals surface area contributed by atoms with Crippen molar-refractivity contribution < 1.29 is 23.5 Å². The molecule has 2 rings (SSSR count). The third-order valence-electron chi connectivity index (χ3n) is 3.64. The number of nitro groups is 1. The number of alkyl halides is 1. The van der Waals surface area contributed by atoms with Gasteiger partial charge in [-0.25, -0.2) is 4.79 Å². The molecule has 0 saturated heterocycles. The molecule has 0 fully saturated rings. The van der Waals surface area contributed by atoms with Gasteiger partial charge in [0.05, 0.1) is 23.8 Å². The Labute approximate surface area is 172 Å². The maximum absolute atomic E-state index is 13.7. The summed E-state index contributed by atoms with van der Waals surface area (Å²) in [4.78, 5) is 22.7. The second-order valence-corrected chi connectivity index (χ2v) is 8.41. The third kappa shape index (κ3) is 5.93. The second-order valence-electron chi connectivity index (χ2n) is 5.57. The Hall–Kier alpha value is -2.61. The largest absolute Gasteiger partial charge is 0.464 e. The van der Waals surface area contributed by atoms with Crippen molar-refractivity contribution >= 4 is 41.6 Å². The summed E-state index contributed by atoms with van der Waals surface area (Å²) in [5.74, 6) is -2.35. The van der Waals surface area contributed by atoms with Crippen molar-refractivity contribution in [2.45, 2.75) is 12.7 Å². The molecular weight excluding hydrogens is 421 g/mol. The molecule has 2 aromatic carbocycles. The first-order valence-corrected chi connectivity index (χ1v) is 10.8. The number of carbonyl (C=O) groups excluding carboxylic acids is 1. The van der Waals surface area contributed by atoms with Gasteiger partial charge in [-0.2, -0.15) is 10.2 Å². The number of hydrogen-bond acceptors (Lipinski definition) is 8. The number of rotatable bonds is 10. The fourth-order valence-electron chi connectivity index (χ4n) is 2.33. The smallest absolute Gasteiger partial charge is 0.343 e. The van der Waals surface area contributed by atoms with Crippen LogP contribution in [0.1, 0.15) is 6.92 Å². The summed E-state index contributed by atoms with van der Waals surface area (Å²) in [5, 5.41) is 18.9. The normalized spacial score (nSPS) is 14.3. The Morgan fingerprint density at radius 2 is 1.86 bits per heavy atom. The monoisotopic (exact) mass is 439 g/mol. The molecule has 9 nitrogen and oxygen atoms in total. The zero-order chi connectivity index (χ0) is 21.3. The number of benzene rings is 2. The third-order valence-corrected chi connectivity index (χ3v) is 6.34. The van der Waals surface area contributed by atoms with E-state index in [0.29, 0.717) is 0 Å². The molecule has 0 radical (unpaired) electrons. The van der Waals surface area contributed by atoms with E-state index in [1.807, 2.05) is 0 Å². The van der Waals surface area contributed by atoms with Crippen molar-refractivity contribution in [3.05, 3.63) is 64.7 Å². The van der Waals surface area contributed by atoms with Gasteiger partial charge in [0.1, 0.15) is 0 Å². The van der Waals surface area contributed by atoms with Gasteiger partial charge < -0.3 is 9.26 Å². The van der Waals surface area contributed by atoms with Crippen LogP contribution in [0.5, 0.6) is 0 Å². The minimum absolute atomic E-state index is 0.0483. The summed E-state index contributed by atoms with van der Waals surface area (Å²) in [6.07, 6.45) is 0. The molecule has 0 N–H and O–H groups in total. The number of esters is 1. The number of nitro benzene ring substituents is 1. The van der Waals surface area contributed by atoms with Crippen LogP contribution >= 0.6 is 19.0 Å². The number of ether oxygens (including phenoxy) is 1. The molecule has 2 aromatic rings. The van der Waals surface area contributed by atoms with E-state index in [0.717, 1.165) is 0 Å². The molecule has 0 saturated carbocycles. The van der Waals surface area contributed by atoms with Gasteiger partial charge in [-0.1, -0.05) is 18.2 Å². The number of nitrogens with zero attached hydrogens (tertiary/aromatic N) is 3. The van der Waals surface area contributed by atoms with E-state index in [-0.39, 0.29) is 35.8 Å². The number of carbonyl (C=O) groups is 1. The number of halogens is 1. The Balaban J connectivity index is 2.44. The van der Waals surface area contributed by atoms with Crippen molar-refractivity contribution in [3.63, 3.8) is 0 Å². The van der Waals surface area contributed by atoms with Crippen LogP contribution in [-0.4, -0.2) is 35.8 Å². The summed E-state index contributed by atoms with van der Waals surface area (Å²) in [7, 11) is -3.87. The Kier molecular flexibility index (Phi) is 8.45. The van der Waals surface area contributed by atoms with Gasteiger partial charge in [0.2, 0.25) is 5.78 Å². The predicted molar refractivity (Wildman–Crippen MR) is 108 cm³/mol. The Bertz CT molecular complexity index is 908. The van der Waals surface area contributed by atoms with Crippen LogP contribution in [-0.2, 0) is 18.6 Å². The maximum Gasteiger partial charge on any atom is 0.343 e. The molecule has 0 bridgehead atoms. The zero-order valence-electron chi connectivity index (χ0n) is 15.5. The van der Waals surface area contributed by atoms with Crippen LogP contribution in [0.3, 0.4) is 0 Å². The highest BCUT2D eigenvalue weighted by atomic mass is 35.5. The molecule has 0 aromatic heterocycles. The molecule has 29 heavy (non-hydrogen) atoms. The van der Waals surface area contributed by atoms with E-state index < -0.39 is 24.0 Å². The van der Waals surface area contributed by atoms with E-state index >= 15 is 0 Å². The SMILES string of the molecule is CCOC(=O)[C@@H](N=Nc1ccc([N+](=O)[O-])cc1)[P@](=O)(OCCCl)c1ccccc1. The average Bonchev–Trinajstić information content (AvgIpc) is 2.73. The topological polar surface area (TPSA) is 120 Å². The van der Waals surface area contributed by atoms with Gasteiger partial charge in [-0.05, 0) is 31.2 Å². The summed E-state index contributed by atoms with van der Waals surface area (Å²) in [6.45, 7) is 1.58. The minimum Gasteiger partial charge on any atom is -0.464 e. The summed E-state index contributed by atoms with van der Waals surface area (Å²) >= 11 is 5.68. The van der Waals surface area contributed by atoms with Crippen molar-refractivity contribution in [2.75, 3.05) is 19.1 Å². The number of non-ortho nitro benzene ring substituents is 1. The highest BCUT2D eigenvalue weighted by Gasteiger charge is 2.43. The fourth-order valence-corrected chi connectivity index (χ4v) is 4.57. The van der Waals surface area contributed by atoms with E-state index in [4.69, 9.17) is 20.9 Å². The summed E-state index contributed by atoms with van der Waals surface area (Å²) in [5.41, 5.74) is 0.119. The molecule has 0 aliphatic carbocycles. The van der Waals surface area contributed by atoms with Gasteiger partial charge in [0.25, 0.3) is 13.1 Å². The lowest BCUT2D eigenvalue weighted by atomic mass is 10.3. The first kappa shape index (κ1) is 22.7. The van der Waals surface area contributed by atoms with E-state index in [9.17, 15) is 19.5 Å². The van der Waals surface area contributed by atoms with Crippen molar-refractivity contribution in [3.8, 4) is 0 Å². The maximum atomic E-state index is 13.7. The van der Waals surface area contributed by atoms with Gasteiger partial charge in [0, 0.05) is 23.3 Å². The van der Waals surface area contributed by atoms with Gasteiger partial charge in [-0.15, -0.1) is 11.6 Å². The lowest BCUT2D eigenvalue weighted by Gasteiger charge is -2.22. The van der Waals surface area contributed by atoms with Crippen molar-refractivity contribution in [1.82, 2.24) is 0 Å². The minimum atomic E-state index is -3.87. The summed E-state index contributed by atoms with van der Waals surface area (Å²) < 4.78 is 24.3. The molecule has 0 spiro atoms. The summed E-state index contributed by atoms with van der Waals surface area (Å²) in [6, 6.07) is 13.4. The Morgan fingerprint density at radius 1 is 1.21 bits per heavy atom. The quantitative estimate of drug-likeness (QED) is 0.135. The molecule has 0 aliphatic heterocycles. The molecule has 11 heteroatoms. The number of hydrogen-bond donors (Lipinski definition) is 0. The van der Waals surface area contributed by atoms with Crippen LogP contribution < -0.4 is 5.30 Å². The highest BCUT2D eigenvalue weighted by Crippen LogP contribution is 2.52. The lowest BCUT2D eigenvalue weighted by Crippen LogP contribution is -2.28. The molecule has 0 heterocycles. The van der Waals surface area contributed by atoms with Crippen LogP contribution in [0.25, 0.3) is 0 Å². The predicted octanol–water partition coefficient (Wildman–Crippen LogP) is 4.43. The molecular formula is C18H19ClN3O6P. The fraction of sp³-hybridized carbons (Fsp3) is 0.278. The van der Waals surface area contributed by atoms with E-state index in [1.165, 1.54) is 24.3 Å². The molecule has 0 amide bonds. The van der Waals surface area contributed by atoms with Crippen LogP contribution in [0.15, 0.2) is 64.8 Å².